The number of anilines is 1. The van der Waals surface area contributed by atoms with Crippen molar-refractivity contribution in [3.05, 3.63) is 86.9 Å². The second-order valence-corrected chi connectivity index (χ2v) is 6.86. The van der Waals surface area contributed by atoms with Crippen molar-refractivity contribution < 1.29 is 14.1 Å². The summed E-state index contributed by atoms with van der Waals surface area (Å²) < 4.78 is 5.78. The molecule has 0 bridgehead atoms. The maximum absolute atomic E-state index is 12.6. The van der Waals surface area contributed by atoms with Gasteiger partial charge in [0.2, 0.25) is 5.89 Å². The molecule has 0 saturated carbocycles. The van der Waals surface area contributed by atoms with Crippen molar-refractivity contribution in [2.45, 2.75) is 6.92 Å². The predicted octanol–water partition coefficient (Wildman–Crippen LogP) is 5.62. The number of aryl methyl sites for hydroxylation is 1. The zero-order valence-corrected chi connectivity index (χ0v) is 15.9. The number of nitrogens with one attached hydrogen (secondary N) is 1. The van der Waals surface area contributed by atoms with Gasteiger partial charge in [-0.25, -0.2) is 4.98 Å². The molecule has 144 valence electrons. The van der Waals surface area contributed by atoms with Crippen molar-refractivity contribution in [2.75, 3.05) is 5.32 Å². The SMILES string of the molecule is Cc1ccc(-c2nc3cc(Cl)ccc3o2)cc1NC(=O)c1cccc([N+](=O)[O-])c1. The first kappa shape index (κ1) is 18.6. The van der Waals surface area contributed by atoms with E-state index in [9.17, 15) is 14.9 Å². The van der Waals surface area contributed by atoms with E-state index < -0.39 is 10.8 Å². The molecular formula is C21H14ClN3O4. The Hall–Kier alpha value is -3.71. The van der Waals surface area contributed by atoms with Gasteiger partial charge in [-0.1, -0.05) is 23.7 Å². The Kier molecular flexibility index (Phi) is 4.74. The van der Waals surface area contributed by atoms with Crippen LogP contribution >= 0.6 is 11.6 Å². The van der Waals surface area contributed by atoms with E-state index in [1.165, 1.54) is 24.3 Å². The highest BCUT2D eigenvalue weighted by Gasteiger charge is 2.15. The fourth-order valence-corrected chi connectivity index (χ4v) is 3.04. The van der Waals surface area contributed by atoms with Gasteiger partial charge in [-0.05, 0) is 48.9 Å². The lowest BCUT2D eigenvalue weighted by Crippen LogP contribution is -2.13. The van der Waals surface area contributed by atoms with Crippen molar-refractivity contribution in [2.24, 2.45) is 0 Å². The summed E-state index contributed by atoms with van der Waals surface area (Å²) in [5, 5.41) is 14.3. The largest absolute Gasteiger partial charge is 0.436 e. The van der Waals surface area contributed by atoms with Crippen LogP contribution < -0.4 is 5.32 Å². The lowest BCUT2D eigenvalue weighted by Gasteiger charge is -2.09. The highest BCUT2D eigenvalue weighted by molar-refractivity contribution is 6.31. The van der Waals surface area contributed by atoms with Crippen LogP contribution in [0.15, 0.2) is 65.1 Å². The molecule has 3 aromatic carbocycles. The number of nitro groups is 1. The quantitative estimate of drug-likeness (QED) is 0.350. The standard InChI is InChI=1S/C21H14ClN3O4/c1-12-5-6-14(21-24-18-11-15(22)7-8-19(18)29-21)10-17(12)23-20(26)13-3-2-4-16(9-13)25(27)28/h2-11H,1H3,(H,23,26). The fourth-order valence-electron chi connectivity index (χ4n) is 2.87. The normalized spacial score (nSPS) is 10.8. The van der Waals surface area contributed by atoms with Gasteiger partial charge < -0.3 is 9.73 Å². The molecular weight excluding hydrogens is 394 g/mol. The van der Waals surface area contributed by atoms with Crippen LogP contribution in [0.3, 0.4) is 0 Å². The molecule has 1 heterocycles. The average Bonchev–Trinajstić information content (AvgIpc) is 3.12. The molecule has 0 radical (unpaired) electrons. The number of nitro benzene ring substituents is 1. The number of carbonyl (C=O) groups is 1. The molecule has 0 aliphatic carbocycles. The Morgan fingerprint density at radius 2 is 1.97 bits per heavy atom. The second-order valence-electron chi connectivity index (χ2n) is 6.42. The van der Waals surface area contributed by atoms with Crippen LogP contribution in [0.4, 0.5) is 11.4 Å². The maximum atomic E-state index is 12.6. The Morgan fingerprint density at radius 3 is 2.76 bits per heavy atom. The summed E-state index contributed by atoms with van der Waals surface area (Å²) >= 11 is 5.99. The van der Waals surface area contributed by atoms with Crippen molar-refractivity contribution in [1.29, 1.82) is 0 Å². The number of non-ortho nitro benzene ring substituents is 1. The number of aromatic nitrogens is 1. The summed E-state index contributed by atoms with van der Waals surface area (Å²) in [4.78, 5) is 27.4. The molecule has 0 fully saturated rings. The summed E-state index contributed by atoms with van der Waals surface area (Å²) in [5.74, 6) is -0.0496. The van der Waals surface area contributed by atoms with E-state index >= 15 is 0 Å². The third-order valence-electron chi connectivity index (χ3n) is 4.40. The molecule has 8 heteroatoms. The molecule has 1 aromatic heterocycles. The van der Waals surface area contributed by atoms with Gasteiger partial charge in [0, 0.05) is 34.0 Å². The number of hydrogen-bond donors (Lipinski definition) is 1. The maximum Gasteiger partial charge on any atom is 0.270 e. The highest BCUT2D eigenvalue weighted by Crippen LogP contribution is 2.29. The Labute approximate surface area is 170 Å². The molecule has 29 heavy (non-hydrogen) atoms. The van der Waals surface area contributed by atoms with Crippen LogP contribution in [0.2, 0.25) is 5.02 Å². The first-order chi connectivity index (χ1) is 13.9. The van der Waals surface area contributed by atoms with Crippen LogP contribution in [-0.2, 0) is 0 Å². The second kappa shape index (κ2) is 7.37. The average molecular weight is 408 g/mol. The van der Waals surface area contributed by atoms with Gasteiger partial charge in [-0.15, -0.1) is 0 Å². The first-order valence-corrected chi connectivity index (χ1v) is 9.01. The molecule has 0 atom stereocenters. The van der Waals surface area contributed by atoms with Crippen LogP contribution in [0.5, 0.6) is 0 Å². The number of amides is 1. The van der Waals surface area contributed by atoms with Crippen LogP contribution in [0.1, 0.15) is 15.9 Å². The zero-order valence-electron chi connectivity index (χ0n) is 15.2. The third-order valence-corrected chi connectivity index (χ3v) is 4.64. The summed E-state index contributed by atoms with van der Waals surface area (Å²) in [6, 6.07) is 16.2. The van der Waals surface area contributed by atoms with Gasteiger partial charge in [0.05, 0.1) is 4.92 Å². The van der Waals surface area contributed by atoms with E-state index in [-0.39, 0.29) is 11.3 Å². The molecule has 0 spiro atoms. The molecule has 7 nitrogen and oxygen atoms in total. The Balaban J connectivity index is 1.65. The zero-order chi connectivity index (χ0) is 20.5. The Bertz CT molecular complexity index is 1270. The minimum absolute atomic E-state index is 0.145. The topological polar surface area (TPSA) is 98.3 Å². The van der Waals surface area contributed by atoms with Gasteiger partial charge in [-0.3, -0.25) is 14.9 Å². The number of carbonyl (C=O) groups excluding carboxylic acids is 1. The van der Waals surface area contributed by atoms with E-state index in [2.05, 4.69) is 10.3 Å². The van der Waals surface area contributed by atoms with E-state index in [0.29, 0.717) is 33.3 Å². The van der Waals surface area contributed by atoms with Gasteiger partial charge in [0.15, 0.2) is 5.58 Å². The van der Waals surface area contributed by atoms with Gasteiger partial charge in [-0.2, -0.15) is 0 Å². The molecule has 1 amide bonds. The predicted molar refractivity (Wildman–Crippen MR) is 110 cm³/mol. The van der Waals surface area contributed by atoms with Crippen molar-refractivity contribution in [1.82, 2.24) is 4.98 Å². The highest BCUT2D eigenvalue weighted by atomic mass is 35.5. The molecule has 1 N–H and O–H groups in total. The first-order valence-electron chi connectivity index (χ1n) is 8.63. The van der Waals surface area contributed by atoms with Crippen molar-refractivity contribution >= 4 is 40.0 Å². The van der Waals surface area contributed by atoms with Crippen molar-refractivity contribution in [3.63, 3.8) is 0 Å². The number of nitrogens with zero attached hydrogens (tertiary/aromatic N) is 2. The van der Waals surface area contributed by atoms with Crippen LogP contribution in [0.25, 0.3) is 22.6 Å². The Morgan fingerprint density at radius 1 is 1.14 bits per heavy atom. The molecule has 0 unspecified atom stereocenters. The van der Waals surface area contributed by atoms with Crippen LogP contribution in [0, 0.1) is 17.0 Å². The van der Waals surface area contributed by atoms with E-state index in [1.54, 1.807) is 24.3 Å². The summed E-state index contributed by atoms with van der Waals surface area (Å²) in [7, 11) is 0. The number of rotatable bonds is 4. The number of halogens is 1. The van der Waals surface area contributed by atoms with Gasteiger partial charge in [0.1, 0.15) is 5.52 Å². The minimum atomic E-state index is -0.540. The van der Waals surface area contributed by atoms with E-state index in [4.69, 9.17) is 16.0 Å². The van der Waals surface area contributed by atoms with E-state index in [0.717, 1.165) is 5.56 Å². The van der Waals surface area contributed by atoms with Crippen LogP contribution in [-0.4, -0.2) is 15.8 Å². The third kappa shape index (κ3) is 3.81. The monoisotopic (exact) mass is 407 g/mol. The minimum Gasteiger partial charge on any atom is -0.436 e. The van der Waals surface area contributed by atoms with Crippen molar-refractivity contribution in [3.8, 4) is 11.5 Å². The molecule has 0 aliphatic rings. The van der Waals surface area contributed by atoms with E-state index in [1.807, 2.05) is 19.1 Å². The molecule has 0 saturated heterocycles. The lowest BCUT2D eigenvalue weighted by atomic mass is 10.1. The van der Waals surface area contributed by atoms with Gasteiger partial charge in [0.25, 0.3) is 11.6 Å². The number of oxazole rings is 1. The molecule has 4 aromatic rings. The summed E-state index contributed by atoms with van der Waals surface area (Å²) in [6.45, 7) is 1.85. The fraction of sp³-hybridized carbons (Fsp3) is 0.0476. The number of benzene rings is 3. The summed E-state index contributed by atoms with van der Waals surface area (Å²) in [5.41, 5.74) is 3.35. The smallest absolute Gasteiger partial charge is 0.270 e. The number of hydrogen-bond acceptors (Lipinski definition) is 5. The molecule has 4 rings (SSSR count). The molecule has 0 aliphatic heterocycles. The number of fused-ring (bicyclic) bond motifs is 1. The lowest BCUT2D eigenvalue weighted by molar-refractivity contribution is -0.384. The van der Waals surface area contributed by atoms with Gasteiger partial charge >= 0.3 is 0 Å². The summed E-state index contributed by atoms with van der Waals surface area (Å²) in [6.07, 6.45) is 0.